The number of hydrogen-bond acceptors (Lipinski definition) is 1. The van der Waals surface area contributed by atoms with Crippen molar-refractivity contribution in [3.63, 3.8) is 0 Å². The van der Waals surface area contributed by atoms with Gasteiger partial charge in [0.05, 0.1) is 6.61 Å². The lowest BCUT2D eigenvalue weighted by molar-refractivity contribution is 0.0420. The minimum Gasteiger partial charge on any atom is -0.494 e. The maximum Gasteiger partial charge on any atom is 0.298 e. The summed E-state index contributed by atoms with van der Waals surface area (Å²) in [6, 6.07) is 11.1. The van der Waals surface area contributed by atoms with Crippen LogP contribution in [0, 0.1) is 13.8 Å². The molecule has 0 aromatic heterocycles. The first kappa shape index (κ1) is 14.5. The molecule has 2 rings (SSSR count). The van der Waals surface area contributed by atoms with Crippen LogP contribution in [-0.2, 0) is 5.92 Å². The standard InChI is InChI=1S/C17H18F2O/c1-4-20-15-9-7-14(8-10-15)17(18,19)16-11-12(2)5-6-13(16)3/h5-11H,4H2,1-3H3. The molecule has 0 radical (unpaired) electrons. The number of aryl methyl sites for hydroxylation is 2. The predicted octanol–water partition coefficient (Wildman–Crippen LogP) is 4.84. The van der Waals surface area contributed by atoms with Crippen molar-refractivity contribution in [3.8, 4) is 5.75 Å². The van der Waals surface area contributed by atoms with E-state index in [9.17, 15) is 8.78 Å². The highest BCUT2D eigenvalue weighted by molar-refractivity contribution is 5.41. The van der Waals surface area contributed by atoms with E-state index in [1.54, 1.807) is 31.2 Å². The van der Waals surface area contributed by atoms with Crippen LogP contribution < -0.4 is 4.74 Å². The fourth-order valence-corrected chi connectivity index (χ4v) is 2.16. The number of alkyl halides is 2. The van der Waals surface area contributed by atoms with Crippen LogP contribution in [-0.4, -0.2) is 6.61 Å². The van der Waals surface area contributed by atoms with Gasteiger partial charge in [0.15, 0.2) is 0 Å². The van der Waals surface area contributed by atoms with E-state index in [1.165, 1.54) is 12.1 Å². The minimum atomic E-state index is -3.00. The van der Waals surface area contributed by atoms with Crippen LogP contribution in [0.5, 0.6) is 5.75 Å². The molecule has 0 spiro atoms. The molecule has 0 unspecified atom stereocenters. The Morgan fingerprint density at radius 1 is 1.00 bits per heavy atom. The van der Waals surface area contributed by atoms with Crippen LogP contribution >= 0.6 is 0 Å². The van der Waals surface area contributed by atoms with Crippen LogP contribution in [0.25, 0.3) is 0 Å². The average molecular weight is 276 g/mol. The summed E-state index contributed by atoms with van der Waals surface area (Å²) in [4.78, 5) is 0. The van der Waals surface area contributed by atoms with Gasteiger partial charge in [0.1, 0.15) is 5.75 Å². The van der Waals surface area contributed by atoms with E-state index in [-0.39, 0.29) is 11.1 Å². The Kier molecular flexibility index (Phi) is 4.07. The van der Waals surface area contributed by atoms with Gasteiger partial charge < -0.3 is 4.74 Å². The molecule has 0 aliphatic heterocycles. The second-order valence-corrected chi connectivity index (χ2v) is 4.85. The van der Waals surface area contributed by atoms with E-state index < -0.39 is 5.92 Å². The van der Waals surface area contributed by atoms with Gasteiger partial charge in [-0.1, -0.05) is 17.7 Å². The second kappa shape index (κ2) is 5.61. The molecule has 0 heterocycles. The summed E-state index contributed by atoms with van der Waals surface area (Å²) in [7, 11) is 0. The quantitative estimate of drug-likeness (QED) is 0.776. The molecule has 0 N–H and O–H groups in total. The van der Waals surface area contributed by atoms with Gasteiger partial charge in [-0.15, -0.1) is 0 Å². The zero-order valence-corrected chi connectivity index (χ0v) is 11.9. The van der Waals surface area contributed by atoms with Crippen LogP contribution in [0.2, 0.25) is 0 Å². The molecule has 2 aromatic carbocycles. The monoisotopic (exact) mass is 276 g/mol. The predicted molar refractivity (Wildman–Crippen MR) is 76.5 cm³/mol. The molecule has 1 nitrogen and oxygen atoms in total. The smallest absolute Gasteiger partial charge is 0.298 e. The molecule has 0 saturated heterocycles. The molecule has 0 aliphatic carbocycles. The maximum atomic E-state index is 14.6. The van der Waals surface area contributed by atoms with Crippen LogP contribution in [0.3, 0.4) is 0 Å². The highest BCUT2D eigenvalue weighted by Gasteiger charge is 2.35. The molecule has 2 aromatic rings. The highest BCUT2D eigenvalue weighted by atomic mass is 19.3. The lowest BCUT2D eigenvalue weighted by Crippen LogP contribution is -2.17. The summed E-state index contributed by atoms with van der Waals surface area (Å²) in [5.74, 6) is -2.39. The molecule has 106 valence electrons. The number of halogens is 2. The first-order valence-corrected chi connectivity index (χ1v) is 6.64. The summed E-state index contributed by atoms with van der Waals surface area (Å²) in [5.41, 5.74) is 1.46. The van der Waals surface area contributed by atoms with Crippen LogP contribution in [0.1, 0.15) is 29.2 Å². The highest BCUT2D eigenvalue weighted by Crippen LogP contribution is 2.38. The van der Waals surface area contributed by atoms with E-state index in [2.05, 4.69) is 0 Å². The second-order valence-electron chi connectivity index (χ2n) is 4.85. The zero-order valence-electron chi connectivity index (χ0n) is 11.9. The van der Waals surface area contributed by atoms with Crippen molar-refractivity contribution in [2.75, 3.05) is 6.61 Å². The average Bonchev–Trinajstić information content (AvgIpc) is 2.42. The van der Waals surface area contributed by atoms with Crippen LogP contribution in [0.4, 0.5) is 8.78 Å². The fraction of sp³-hybridized carbons (Fsp3) is 0.294. The summed E-state index contributed by atoms with van der Waals surface area (Å²) >= 11 is 0. The maximum absolute atomic E-state index is 14.6. The molecule has 0 fully saturated rings. The third kappa shape index (κ3) is 2.82. The van der Waals surface area contributed by atoms with Crippen molar-refractivity contribution in [1.82, 2.24) is 0 Å². The van der Waals surface area contributed by atoms with Gasteiger partial charge in [0.2, 0.25) is 0 Å². The van der Waals surface area contributed by atoms with E-state index in [0.717, 1.165) is 5.56 Å². The Morgan fingerprint density at radius 2 is 1.65 bits per heavy atom. The van der Waals surface area contributed by atoms with Crippen molar-refractivity contribution in [3.05, 3.63) is 64.7 Å². The van der Waals surface area contributed by atoms with E-state index >= 15 is 0 Å². The summed E-state index contributed by atoms with van der Waals surface area (Å²) in [5, 5.41) is 0. The Balaban J connectivity index is 2.40. The third-order valence-electron chi connectivity index (χ3n) is 3.26. The topological polar surface area (TPSA) is 9.23 Å². The normalized spacial score (nSPS) is 11.4. The summed E-state index contributed by atoms with van der Waals surface area (Å²) in [6.07, 6.45) is 0. The molecule has 20 heavy (non-hydrogen) atoms. The fourth-order valence-electron chi connectivity index (χ4n) is 2.16. The molecule has 3 heteroatoms. The van der Waals surface area contributed by atoms with Crippen molar-refractivity contribution < 1.29 is 13.5 Å². The molecule has 0 amide bonds. The largest absolute Gasteiger partial charge is 0.494 e. The van der Waals surface area contributed by atoms with Gasteiger partial charge in [-0.25, -0.2) is 0 Å². The van der Waals surface area contributed by atoms with Gasteiger partial charge in [-0.05, 0) is 56.7 Å². The number of hydrogen-bond donors (Lipinski definition) is 0. The molecular weight excluding hydrogens is 258 g/mol. The Morgan fingerprint density at radius 3 is 2.25 bits per heavy atom. The first-order chi connectivity index (χ1) is 9.45. The molecule has 0 bridgehead atoms. The number of benzene rings is 2. The van der Waals surface area contributed by atoms with E-state index in [4.69, 9.17) is 4.74 Å². The van der Waals surface area contributed by atoms with Crippen molar-refractivity contribution in [2.24, 2.45) is 0 Å². The Bertz CT molecular complexity index is 588. The number of ether oxygens (including phenoxy) is 1. The van der Waals surface area contributed by atoms with Gasteiger partial charge >= 0.3 is 0 Å². The Labute approximate surface area is 118 Å². The zero-order chi connectivity index (χ0) is 14.8. The SMILES string of the molecule is CCOc1ccc(C(F)(F)c2cc(C)ccc2C)cc1. The van der Waals surface area contributed by atoms with Gasteiger partial charge in [-0.2, -0.15) is 8.78 Å². The molecule has 0 atom stereocenters. The first-order valence-electron chi connectivity index (χ1n) is 6.64. The van der Waals surface area contributed by atoms with Gasteiger partial charge in [0.25, 0.3) is 5.92 Å². The summed E-state index contributed by atoms with van der Waals surface area (Å²) in [6.45, 7) is 5.90. The van der Waals surface area contributed by atoms with Crippen molar-refractivity contribution in [1.29, 1.82) is 0 Å². The lowest BCUT2D eigenvalue weighted by Gasteiger charge is -2.20. The number of rotatable bonds is 4. The van der Waals surface area contributed by atoms with Crippen LogP contribution in [0.15, 0.2) is 42.5 Å². The van der Waals surface area contributed by atoms with Crippen molar-refractivity contribution >= 4 is 0 Å². The Hall–Kier alpha value is -1.90. The summed E-state index contributed by atoms with van der Waals surface area (Å²) < 4.78 is 34.5. The van der Waals surface area contributed by atoms with E-state index in [0.29, 0.717) is 17.9 Å². The van der Waals surface area contributed by atoms with E-state index in [1.807, 2.05) is 19.9 Å². The molecule has 0 saturated carbocycles. The molecular formula is C17H18F2O. The van der Waals surface area contributed by atoms with Gasteiger partial charge in [-0.3, -0.25) is 0 Å². The lowest BCUT2D eigenvalue weighted by atomic mass is 9.95. The van der Waals surface area contributed by atoms with Crippen molar-refractivity contribution in [2.45, 2.75) is 26.7 Å². The van der Waals surface area contributed by atoms with Gasteiger partial charge in [0, 0.05) is 11.1 Å². The minimum absolute atomic E-state index is 0.0188. The third-order valence-corrected chi connectivity index (χ3v) is 3.26. The molecule has 0 aliphatic rings.